The van der Waals surface area contributed by atoms with Gasteiger partial charge in [0.1, 0.15) is 0 Å². The number of nitrogens with one attached hydrogen (secondary N) is 2. The van der Waals surface area contributed by atoms with E-state index in [2.05, 4.69) is 44.4 Å². The lowest BCUT2D eigenvalue weighted by Crippen LogP contribution is -2.36. The van der Waals surface area contributed by atoms with Crippen LogP contribution >= 0.6 is 46.7 Å². The second-order valence-electron chi connectivity index (χ2n) is 4.03. The van der Waals surface area contributed by atoms with E-state index in [9.17, 15) is 0 Å². The van der Waals surface area contributed by atoms with Crippen LogP contribution in [0.1, 0.15) is 22.4 Å². The first-order chi connectivity index (χ1) is 9.28. The average molecular weight is 422 g/mol. The first-order valence-electron chi connectivity index (χ1n) is 6.22. The molecule has 0 aromatic carbocycles. The Morgan fingerprint density at radius 1 is 1.40 bits per heavy atom. The molecule has 0 spiro atoms. The topological polar surface area (TPSA) is 49.3 Å². The number of halogens is 1. The Labute approximate surface area is 144 Å². The molecule has 0 saturated carbocycles. The predicted octanol–water partition coefficient (Wildman–Crippen LogP) is 3.39. The predicted molar refractivity (Wildman–Crippen MR) is 98.2 cm³/mol. The van der Waals surface area contributed by atoms with Crippen molar-refractivity contribution in [2.75, 3.05) is 6.54 Å². The van der Waals surface area contributed by atoms with E-state index in [4.69, 9.17) is 0 Å². The van der Waals surface area contributed by atoms with Crippen LogP contribution in [0.3, 0.4) is 0 Å². The van der Waals surface area contributed by atoms with Crippen LogP contribution in [-0.4, -0.2) is 17.5 Å². The van der Waals surface area contributed by atoms with Gasteiger partial charge in [-0.2, -0.15) is 11.3 Å². The number of aliphatic imine (C=N–C) groups is 1. The van der Waals surface area contributed by atoms with Crippen molar-refractivity contribution in [3.63, 3.8) is 0 Å². The lowest BCUT2D eigenvalue weighted by molar-refractivity contribution is 0.822. The summed E-state index contributed by atoms with van der Waals surface area (Å²) in [6, 6.07) is 2.10. The smallest absolute Gasteiger partial charge is 0.191 e. The van der Waals surface area contributed by atoms with E-state index in [-0.39, 0.29) is 24.0 Å². The van der Waals surface area contributed by atoms with Gasteiger partial charge in [0.15, 0.2) is 5.96 Å². The molecular weight excluding hydrogens is 403 g/mol. The molecule has 0 unspecified atom stereocenters. The van der Waals surface area contributed by atoms with Gasteiger partial charge < -0.3 is 10.6 Å². The molecule has 4 nitrogen and oxygen atoms in total. The maximum absolute atomic E-state index is 4.56. The first-order valence-corrected chi connectivity index (χ1v) is 7.98. The highest BCUT2D eigenvalue weighted by Gasteiger charge is 2.01. The summed E-state index contributed by atoms with van der Waals surface area (Å²) < 4.78 is 0. The molecule has 20 heavy (non-hydrogen) atoms. The van der Waals surface area contributed by atoms with Gasteiger partial charge in [0.05, 0.1) is 18.1 Å². The Balaban J connectivity index is 0.00000200. The summed E-state index contributed by atoms with van der Waals surface area (Å²) in [4.78, 5) is 10.0. The minimum Gasteiger partial charge on any atom is -0.357 e. The van der Waals surface area contributed by atoms with Gasteiger partial charge in [-0.3, -0.25) is 0 Å². The van der Waals surface area contributed by atoms with Crippen molar-refractivity contribution >= 4 is 52.6 Å². The number of thiophene rings is 1. The molecule has 2 rings (SSSR count). The van der Waals surface area contributed by atoms with Crippen LogP contribution in [0.2, 0.25) is 0 Å². The van der Waals surface area contributed by atoms with Gasteiger partial charge in [-0.25, -0.2) is 9.98 Å². The Kier molecular flexibility index (Phi) is 8.08. The van der Waals surface area contributed by atoms with E-state index in [1.807, 2.05) is 13.1 Å². The van der Waals surface area contributed by atoms with Crippen LogP contribution in [0.25, 0.3) is 0 Å². The second-order valence-corrected chi connectivity index (χ2v) is 6.13. The van der Waals surface area contributed by atoms with Crippen molar-refractivity contribution < 1.29 is 0 Å². The zero-order valence-electron chi connectivity index (χ0n) is 11.5. The fraction of sp³-hybridized carbons (Fsp3) is 0.385. The highest BCUT2D eigenvalue weighted by molar-refractivity contribution is 14.0. The number of aromatic nitrogens is 1. The number of rotatable bonds is 5. The molecule has 0 fully saturated rings. The SMILES string of the molecule is CCNC(=NCc1ccsc1)NCc1cnc(C)s1.I. The van der Waals surface area contributed by atoms with Crippen molar-refractivity contribution in [2.24, 2.45) is 4.99 Å². The average Bonchev–Trinajstić information content (AvgIpc) is 3.04. The summed E-state index contributed by atoms with van der Waals surface area (Å²) in [5.41, 5.74) is 1.25. The number of guanidine groups is 1. The standard InChI is InChI=1S/C13H18N4S2.HI/c1-3-14-13(16-6-11-4-5-18-9-11)17-8-12-7-15-10(2)19-12;/h4-5,7,9H,3,6,8H2,1-2H3,(H2,14,16,17);1H. The molecule has 2 aromatic rings. The van der Waals surface area contributed by atoms with E-state index < -0.39 is 0 Å². The molecule has 0 amide bonds. The molecule has 2 N–H and O–H groups in total. The molecule has 0 radical (unpaired) electrons. The van der Waals surface area contributed by atoms with Crippen molar-refractivity contribution in [2.45, 2.75) is 26.9 Å². The number of thiazole rings is 1. The van der Waals surface area contributed by atoms with Crippen molar-refractivity contribution in [3.8, 4) is 0 Å². The van der Waals surface area contributed by atoms with Crippen LogP contribution in [0.5, 0.6) is 0 Å². The summed E-state index contributed by atoms with van der Waals surface area (Å²) in [7, 11) is 0. The van der Waals surface area contributed by atoms with Gasteiger partial charge in [0, 0.05) is 17.6 Å². The molecule has 0 saturated heterocycles. The second kappa shape index (κ2) is 9.30. The Morgan fingerprint density at radius 2 is 2.25 bits per heavy atom. The maximum atomic E-state index is 4.56. The van der Waals surface area contributed by atoms with E-state index in [0.717, 1.165) is 24.1 Å². The third-order valence-electron chi connectivity index (χ3n) is 2.44. The van der Waals surface area contributed by atoms with Gasteiger partial charge in [-0.15, -0.1) is 35.3 Å². The third-order valence-corrected chi connectivity index (χ3v) is 4.09. The molecular formula is C13H19IN4S2. The highest BCUT2D eigenvalue weighted by atomic mass is 127. The summed E-state index contributed by atoms with van der Waals surface area (Å²) in [6.45, 7) is 6.42. The molecule has 2 aromatic heterocycles. The molecule has 110 valence electrons. The largest absolute Gasteiger partial charge is 0.357 e. The fourth-order valence-electron chi connectivity index (χ4n) is 1.55. The van der Waals surface area contributed by atoms with Crippen molar-refractivity contribution in [3.05, 3.63) is 38.5 Å². The number of nitrogens with zero attached hydrogens (tertiary/aromatic N) is 2. The number of hydrogen-bond donors (Lipinski definition) is 2. The third kappa shape index (κ3) is 5.76. The van der Waals surface area contributed by atoms with Gasteiger partial charge >= 0.3 is 0 Å². The van der Waals surface area contributed by atoms with Gasteiger partial charge in [-0.1, -0.05) is 0 Å². The minimum atomic E-state index is 0. The Hall–Kier alpha value is -0.670. The van der Waals surface area contributed by atoms with Crippen LogP contribution in [-0.2, 0) is 13.1 Å². The number of aryl methyl sites for hydroxylation is 1. The quantitative estimate of drug-likeness (QED) is 0.441. The molecule has 0 atom stereocenters. The minimum absolute atomic E-state index is 0. The molecule has 0 bridgehead atoms. The summed E-state index contributed by atoms with van der Waals surface area (Å²) >= 11 is 3.41. The van der Waals surface area contributed by atoms with Crippen molar-refractivity contribution in [1.82, 2.24) is 15.6 Å². The highest BCUT2D eigenvalue weighted by Crippen LogP contribution is 2.10. The van der Waals surface area contributed by atoms with Crippen LogP contribution in [0.4, 0.5) is 0 Å². The molecule has 7 heteroatoms. The van der Waals surface area contributed by atoms with Crippen LogP contribution < -0.4 is 10.6 Å². The fourth-order valence-corrected chi connectivity index (χ4v) is 2.95. The van der Waals surface area contributed by atoms with Crippen LogP contribution in [0, 0.1) is 6.92 Å². The zero-order valence-corrected chi connectivity index (χ0v) is 15.5. The lowest BCUT2D eigenvalue weighted by Gasteiger charge is -2.09. The molecule has 0 aliphatic heterocycles. The normalized spacial score (nSPS) is 11.0. The summed E-state index contributed by atoms with van der Waals surface area (Å²) in [5.74, 6) is 0.847. The lowest BCUT2D eigenvalue weighted by atomic mass is 10.3. The first kappa shape index (κ1) is 17.4. The molecule has 0 aliphatic carbocycles. The van der Waals surface area contributed by atoms with E-state index in [1.165, 1.54) is 10.4 Å². The monoisotopic (exact) mass is 422 g/mol. The maximum Gasteiger partial charge on any atom is 0.191 e. The zero-order chi connectivity index (χ0) is 13.5. The Bertz CT molecular complexity index is 522. The Morgan fingerprint density at radius 3 is 2.85 bits per heavy atom. The number of hydrogen-bond acceptors (Lipinski definition) is 4. The van der Waals surface area contributed by atoms with E-state index >= 15 is 0 Å². The van der Waals surface area contributed by atoms with Gasteiger partial charge in [-0.05, 0) is 36.2 Å². The van der Waals surface area contributed by atoms with Crippen molar-refractivity contribution in [1.29, 1.82) is 0 Å². The van der Waals surface area contributed by atoms with Gasteiger partial charge in [0.2, 0.25) is 0 Å². The van der Waals surface area contributed by atoms with Crippen LogP contribution in [0.15, 0.2) is 28.0 Å². The summed E-state index contributed by atoms with van der Waals surface area (Å²) in [5, 5.41) is 11.9. The van der Waals surface area contributed by atoms with E-state index in [1.54, 1.807) is 22.7 Å². The van der Waals surface area contributed by atoms with Gasteiger partial charge in [0.25, 0.3) is 0 Å². The van der Waals surface area contributed by atoms with E-state index in [0.29, 0.717) is 6.54 Å². The molecule has 0 aliphatic rings. The summed E-state index contributed by atoms with van der Waals surface area (Å²) in [6.07, 6.45) is 1.91. The molecule has 2 heterocycles.